The molecule has 0 saturated carbocycles. The van der Waals surface area contributed by atoms with Crippen LogP contribution in [-0.2, 0) is 20.9 Å². The van der Waals surface area contributed by atoms with Crippen LogP contribution in [-0.4, -0.2) is 11.6 Å². The summed E-state index contributed by atoms with van der Waals surface area (Å²) >= 11 is 5.99. The Hall–Kier alpha value is -2.85. The summed E-state index contributed by atoms with van der Waals surface area (Å²) in [7, 11) is 0. The minimum Gasteiger partial charge on any atom is -0.489 e. The van der Waals surface area contributed by atoms with Gasteiger partial charge in [0.05, 0.1) is 0 Å². The molecule has 0 amide bonds. The normalized spacial score (nSPS) is 21.4. The van der Waals surface area contributed by atoms with Gasteiger partial charge in [0.25, 0.3) is 0 Å². The molecular formula is C30H31ClO4. The third-order valence-corrected chi connectivity index (χ3v) is 7.34. The summed E-state index contributed by atoms with van der Waals surface area (Å²) in [5.41, 5.74) is 2.85. The number of ether oxygens (including phenoxy) is 2. The van der Waals surface area contributed by atoms with E-state index in [2.05, 4.69) is 27.7 Å². The van der Waals surface area contributed by atoms with E-state index in [0.29, 0.717) is 54.2 Å². The van der Waals surface area contributed by atoms with Gasteiger partial charge in [0.15, 0.2) is 11.6 Å². The van der Waals surface area contributed by atoms with Crippen molar-refractivity contribution in [3.8, 4) is 5.75 Å². The van der Waals surface area contributed by atoms with Crippen LogP contribution in [0.5, 0.6) is 5.75 Å². The Kier molecular flexibility index (Phi) is 5.91. The van der Waals surface area contributed by atoms with Gasteiger partial charge in [0, 0.05) is 47.8 Å². The first-order valence-corrected chi connectivity index (χ1v) is 12.6. The van der Waals surface area contributed by atoms with Crippen LogP contribution in [0.4, 0.5) is 0 Å². The zero-order valence-corrected chi connectivity index (χ0v) is 21.5. The zero-order valence-electron chi connectivity index (χ0n) is 20.7. The second kappa shape index (κ2) is 8.67. The summed E-state index contributed by atoms with van der Waals surface area (Å²) in [6, 6.07) is 15.3. The third-order valence-electron chi connectivity index (χ3n) is 7.09. The molecule has 2 aromatic carbocycles. The highest BCUT2D eigenvalue weighted by Crippen LogP contribution is 2.53. The predicted molar refractivity (Wildman–Crippen MR) is 136 cm³/mol. The maximum Gasteiger partial charge on any atom is 0.163 e. The van der Waals surface area contributed by atoms with Gasteiger partial charge in [-0.2, -0.15) is 0 Å². The molecule has 0 bridgehead atoms. The lowest BCUT2D eigenvalue weighted by molar-refractivity contribution is -0.120. The molecule has 0 aromatic heterocycles. The van der Waals surface area contributed by atoms with E-state index in [-0.39, 0.29) is 22.4 Å². The molecular weight excluding hydrogens is 460 g/mol. The maximum atomic E-state index is 13.4. The molecule has 2 aliphatic carbocycles. The summed E-state index contributed by atoms with van der Waals surface area (Å²) in [4.78, 5) is 26.9. The molecule has 0 unspecified atom stereocenters. The highest BCUT2D eigenvalue weighted by molar-refractivity contribution is 6.30. The fourth-order valence-corrected chi connectivity index (χ4v) is 5.67. The molecule has 4 nitrogen and oxygen atoms in total. The first-order chi connectivity index (χ1) is 16.5. The van der Waals surface area contributed by atoms with Crippen molar-refractivity contribution in [2.24, 2.45) is 10.8 Å². The summed E-state index contributed by atoms with van der Waals surface area (Å²) in [6.45, 7) is 8.78. The van der Waals surface area contributed by atoms with Crippen LogP contribution in [0.25, 0.3) is 0 Å². The monoisotopic (exact) mass is 490 g/mol. The van der Waals surface area contributed by atoms with E-state index >= 15 is 0 Å². The van der Waals surface area contributed by atoms with Gasteiger partial charge in [-0.15, -0.1) is 0 Å². The number of carbonyl (C=O) groups excluding carboxylic acids is 2. The van der Waals surface area contributed by atoms with Gasteiger partial charge in [-0.3, -0.25) is 9.59 Å². The van der Waals surface area contributed by atoms with Crippen molar-refractivity contribution in [2.75, 3.05) is 0 Å². The minimum atomic E-state index is -0.417. The second-order valence-corrected chi connectivity index (χ2v) is 12.0. The quantitative estimate of drug-likeness (QED) is 0.450. The number of ketones is 2. The van der Waals surface area contributed by atoms with Gasteiger partial charge in [-0.25, -0.2) is 0 Å². The van der Waals surface area contributed by atoms with Gasteiger partial charge >= 0.3 is 0 Å². The highest BCUT2D eigenvalue weighted by atomic mass is 35.5. The Balaban J connectivity index is 1.54. The number of hydrogen-bond acceptors (Lipinski definition) is 4. The van der Waals surface area contributed by atoms with Crippen LogP contribution in [0.2, 0.25) is 5.02 Å². The standard InChI is InChI=1S/C30H31ClO4/c1-29(2)13-22(32)27-24(15-29)35-25-16-30(3,4)14-23(33)28(25)26(27)19-6-5-7-21(12-19)34-17-18-8-10-20(31)11-9-18/h5-12,26H,13-17H2,1-4H3. The molecule has 0 saturated heterocycles. The van der Waals surface area contributed by atoms with Crippen molar-refractivity contribution in [1.29, 1.82) is 0 Å². The lowest BCUT2D eigenvalue weighted by Crippen LogP contribution is -2.37. The van der Waals surface area contributed by atoms with Gasteiger partial charge in [0.2, 0.25) is 0 Å². The fraction of sp³-hybridized carbons (Fsp3) is 0.400. The van der Waals surface area contributed by atoms with Crippen molar-refractivity contribution in [2.45, 2.75) is 65.9 Å². The molecule has 5 rings (SSSR count). The number of rotatable bonds is 4. The topological polar surface area (TPSA) is 52.6 Å². The molecule has 0 spiro atoms. The van der Waals surface area contributed by atoms with Crippen molar-refractivity contribution < 1.29 is 19.1 Å². The number of benzene rings is 2. The fourth-order valence-electron chi connectivity index (χ4n) is 5.54. The molecule has 1 aliphatic heterocycles. The number of allylic oxidation sites excluding steroid dienone is 4. The highest BCUT2D eigenvalue weighted by Gasteiger charge is 2.47. The minimum absolute atomic E-state index is 0.0675. The molecule has 1 heterocycles. The maximum absolute atomic E-state index is 13.4. The number of Topliss-reactive ketones (excluding diaryl/α,β-unsaturated/α-hetero) is 2. The first kappa shape index (κ1) is 23.9. The molecule has 5 heteroatoms. The lowest BCUT2D eigenvalue weighted by atomic mass is 9.65. The van der Waals surface area contributed by atoms with Crippen LogP contribution in [0.3, 0.4) is 0 Å². The van der Waals surface area contributed by atoms with Crippen molar-refractivity contribution in [3.05, 3.63) is 87.3 Å². The summed E-state index contributed by atoms with van der Waals surface area (Å²) in [5.74, 6) is 1.87. The Morgan fingerprint density at radius 2 is 1.43 bits per heavy atom. The molecule has 0 fully saturated rings. The Bertz CT molecular complexity index is 1210. The molecule has 2 aromatic rings. The van der Waals surface area contributed by atoms with E-state index in [4.69, 9.17) is 21.1 Å². The number of hydrogen-bond donors (Lipinski definition) is 0. The Labute approximate surface area is 212 Å². The van der Waals surface area contributed by atoms with E-state index in [1.807, 2.05) is 48.5 Å². The van der Waals surface area contributed by atoms with Crippen LogP contribution < -0.4 is 4.74 Å². The first-order valence-electron chi connectivity index (χ1n) is 12.2. The summed E-state index contributed by atoms with van der Waals surface area (Å²) < 4.78 is 12.5. The van der Waals surface area contributed by atoms with E-state index < -0.39 is 5.92 Å². The average Bonchev–Trinajstić information content (AvgIpc) is 2.76. The lowest BCUT2D eigenvalue weighted by Gasteiger charge is -2.42. The van der Waals surface area contributed by atoms with E-state index in [9.17, 15) is 9.59 Å². The SMILES string of the molecule is CC1(C)CC(=O)C2=C(C1)OC1=C(C(=O)CC(C)(C)C1)C2c1cccc(OCc2ccc(Cl)cc2)c1. The predicted octanol–water partition coefficient (Wildman–Crippen LogP) is 7.32. The van der Waals surface area contributed by atoms with Crippen LogP contribution in [0.1, 0.15) is 70.4 Å². The van der Waals surface area contributed by atoms with Crippen molar-refractivity contribution in [1.82, 2.24) is 0 Å². The van der Waals surface area contributed by atoms with Gasteiger partial charge in [-0.05, 0) is 46.2 Å². The van der Waals surface area contributed by atoms with E-state index in [1.54, 1.807) is 0 Å². The second-order valence-electron chi connectivity index (χ2n) is 11.6. The third kappa shape index (κ3) is 4.81. The van der Waals surface area contributed by atoms with Crippen molar-refractivity contribution >= 4 is 23.2 Å². The molecule has 0 radical (unpaired) electrons. The molecule has 0 atom stereocenters. The van der Waals surface area contributed by atoms with Crippen molar-refractivity contribution in [3.63, 3.8) is 0 Å². The van der Waals surface area contributed by atoms with Gasteiger partial charge < -0.3 is 9.47 Å². The van der Waals surface area contributed by atoms with Gasteiger partial charge in [-0.1, -0.05) is 63.6 Å². The largest absolute Gasteiger partial charge is 0.489 e. The molecule has 35 heavy (non-hydrogen) atoms. The summed E-state index contributed by atoms with van der Waals surface area (Å²) in [6.07, 6.45) is 2.26. The molecule has 0 N–H and O–H groups in total. The number of halogens is 1. The Morgan fingerprint density at radius 3 is 2.00 bits per heavy atom. The van der Waals surface area contributed by atoms with Crippen LogP contribution >= 0.6 is 11.6 Å². The van der Waals surface area contributed by atoms with Crippen LogP contribution in [0, 0.1) is 10.8 Å². The average molecular weight is 491 g/mol. The zero-order chi connectivity index (χ0) is 25.0. The van der Waals surface area contributed by atoms with Crippen LogP contribution in [0.15, 0.2) is 71.2 Å². The van der Waals surface area contributed by atoms with Gasteiger partial charge in [0.1, 0.15) is 23.9 Å². The summed E-state index contributed by atoms with van der Waals surface area (Å²) in [5, 5.41) is 0.684. The Morgan fingerprint density at radius 1 is 0.857 bits per heavy atom. The molecule has 182 valence electrons. The molecule has 3 aliphatic rings. The van der Waals surface area contributed by atoms with E-state index in [0.717, 1.165) is 22.6 Å². The van der Waals surface area contributed by atoms with E-state index in [1.165, 1.54) is 0 Å². The number of carbonyl (C=O) groups is 2. The smallest absolute Gasteiger partial charge is 0.163 e.